The zero-order chi connectivity index (χ0) is 15.2. The van der Waals surface area contributed by atoms with Crippen LogP contribution in [0.15, 0.2) is 18.2 Å². The van der Waals surface area contributed by atoms with E-state index in [2.05, 4.69) is 38.2 Å². The first-order chi connectivity index (χ1) is 9.36. The number of nitrogens with one attached hydrogen (secondary N) is 1. The molecule has 0 fully saturated rings. The molecule has 0 aliphatic heterocycles. The van der Waals surface area contributed by atoms with Crippen molar-refractivity contribution in [3.05, 3.63) is 23.8 Å². The summed E-state index contributed by atoms with van der Waals surface area (Å²) < 4.78 is 10.6. The molecule has 1 rings (SSSR count). The van der Waals surface area contributed by atoms with E-state index in [1.54, 1.807) is 14.2 Å². The van der Waals surface area contributed by atoms with Crippen molar-refractivity contribution < 1.29 is 9.47 Å². The Bertz CT molecular complexity index is 395. The van der Waals surface area contributed by atoms with Gasteiger partial charge in [-0.15, -0.1) is 0 Å². The minimum atomic E-state index is 0.243. The minimum absolute atomic E-state index is 0.243. The van der Waals surface area contributed by atoms with Crippen molar-refractivity contribution in [1.29, 1.82) is 0 Å². The van der Waals surface area contributed by atoms with Gasteiger partial charge in [0.05, 0.1) is 14.2 Å². The molecule has 4 nitrogen and oxygen atoms in total. The van der Waals surface area contributed by atoms with Gasteiger partial charge in [-0.25, -0.2) is 0 Å². The van der Waals surface area contributed by atoms with Crippen LogP contribution < -0.4 is 14.8 Å². The Balaban J connectivity index is 2.57. The van der Waals surface area contributed by atoms with Gasteiger partial charge in [-0.05, 0) is 37.2 Å². The quantitative estimate of drug-likeness (QED) is 0.793. The summed E-state index contributed by atoms with van der Waals surface area (Å²) in [5.41, 5.74) is 1.41. The van der Waals surface area contributed by atoms with Crippen LogP contribution in [0.4, 0.5) is 0 Å². The van der Waals surface area contributed by atoms with E-state index >= 15 is 0 Å². The number of methoxy groups -OCH3 is 2. The molecule has 20 heavy (non-hydrogen) atoms. The highest BCUT2D eigenvalue weighted by molar-refractivity contribution is 5.38. The molecule has 0 bridgehead atoms. The van der Waals surface area contributed by atoms with Gasteiger partial charge in [0.25, 0.3) is 0 Å². The molecule has 0 saturated heterocycles. The predicted molar refractivity (Wildman–Crippen MR) is 83.6 cm³/mol. The van der Waals surface area contributed by atoms with Crippen molar-refractivity contribution in [1.82, 2.24) is 10.2 Å². The van der Waals surface area contributed by atoms with E-state index in [1.165, 1.54) is 5.56 Å². The lowest BCUT2D eigenvalue weighted by Crippen LogP contribution is -2.37. The molecule has 0 atom stereocenters. The Morgan fingerprint density at radius 2 is 1.60 bits per heavy atom. The molecule has 1 aromatic carbocycles. The maximum atomic E-state index is 5.28. The number of hydrogen-bond donors (Lipinski definition) is 1. The molecule has 114 valence electrons. The average Bonchev–Trinajstić information content (AvgIpc) is 2.36. The lowest BCUT2D eigenvalue weighted by atomic mass is 9.93. The molecule has 0 saturated carbocycles. The fraction of sp³-hybridized carbons (Fsp3) is 0.625. The molecular formula is C16H28N2O2. The summed E-state index contributed by atoms with van der Waals surface area (Å²) in [5, 5.41) is 3.51. The molecular weight excluding hydrogens is 252 g/mol. The fourth-order valence-corrected chi connectivity index (χ4v) is 2.43. The topological polar surface area (TPSA) is 33.7 Å². The second kappa shape index (κ2) is 7.50. The smallest absolute Gasteiger partial charge is 0.122 e. The summed E-state index contributed by atoms with van der Waals surface area (Å²) in [5.74, 6) is 1.66. The van der Waals surface area contributed by atoms with Crippen molar-refractivity contribution >= 4 is 0 Å². The molecule has 0 aliphatic carbocycles. The van der Waals surface area contributed by atoms with E-state index in [0.717, 1.165) is 31.1 Å². The highest BCUT2D eigenvalue weighted by Crippen LogP contribution is 2.22. The van der Waals surface area contributed by atoms with Gasteiger partial charge in [-0.3, -0.25) is 0 Å². The van der Waals surface area contributed by atoms with E-state index in [-0.39, 0.29) is 5.41 Å². The Morgan fingerprint density at radius 1 is 1.05 bits per heavy atom. The predicted octanol–water partition coefficient (Wildman–Crippen LogP) is 2.38. The summed E-state index contributed by atoms with van der Waals surface area (Å²) in [6.45, 7) is 7.37. The lowest BCUT2D eigenvalue weighted by molar-refractivity contribution is 0.232. The monoisotopic (exact) mass is 280 g/mol. The summed E-state index contributed by atoms with van der Waals surface area (Å²) in [7, 11) is 7.56. The Kier molecular flexibility index (Phi) is 6.30. The third-order valence-electron chi connectivity index (χ3n) is 3.09. The largest absolute Gasteiger partial charge is 0.497 e. The van der Waals surface area contributed by atoms with Crippen LogP contribution >= 0.6 is 0 Å². The van der Waals surface area contributed by atoms with Crippen LogP contribution in [0.2, 0.25) is 0 Å². The van der Waals surface area contributed by atoms with Crippen molar-refractivity contribution in [2.24, 2.45) is 5.41 Å². The van der Waals surface area contributed by atoms with Gasteiger partial charge in [-0.1, -0.05) is 13.8 Å². The zero-order valence-corrected chi connectivity index (χ0v) is 13.6. The number of benzene rings is 1. The third kappa shape index (κ3) is 5.80. The van der Waals surface area contributed by atoms with Crippen LogP contribution in [0.1, 0.15) is 19.4 Å². The Labute approximate surface area is 123 Å². The van der Waals surface area contributed by atoms with Gasteiger partial charge in [0.2, 0.25) is 0 Å². The second-order valence-corrected chi connectivity index (χ2v) is 6.23. The van der Waals surface area contributed by atoms with Gasteiger partial charge < -0.3 is 19.7 Å². The summed E-state index contributed by atoms with van der Waals surface area (Å²) in [6, 6.07) is 5.96. The van der Waals surface area contributed by atoms with E-state index in [4.69, 9.17) is 9.47 Å². The van der Waals surface area contributed by atoms with E-state index in [1.807, 2.05) is 18.2 Å². The van der Waals surface area contributed by atoms with Crippen molar-refractivity contribution in [3.8, 4) is 11.5 Å². The fourth-order valence-electron chi connectivity index (χ4n) is 2.43. The molecule has 0 unspecified atom stereocenters. The van der Waals surface area contributed by atoms with Crippen LogP contribution in [0.25, 0.3) is 0 Å². The zero-order valence-electron chi connectivity index (χ0n) is 13.6. The average molecular weight is 280 g/mol. The first-order valence-electron chi connectivity index (χ1n) is 6.94. The standard InChI is InChI=1S/C16H28N2O2/c1-16(2,12-18(3)4)11-17-10-13-7-14(19-5)9-15(8-13)20-6/h7-9,17H,10-12H2,1-6H3. The van der Waals surface area contributed by atoms with Gasteiger partial charge >= 0.3 is 0 Å². The number of nitrogens with zero attached hydrogens (tertiary/aromatic N) is 1. The molecule has 0 spiro atoms. The summed E-state index contributed by atoms with van der Waals surface area (Å²) in [4.78, 5) is 2.22. The Hall–Kier alpha value is -1.26. The molecule has 0 aromatic heterocycles. The number of hydrogen-bond acceptors (Lipinski definition) is 4. The third-order valence-corrected chi connectivity index (χ3v) is 3.09. The van der Waals surface area contributed by atoms with Crippen molar-refractivity contribution in [3.63, 3.8) is 0 Å². The van der Waals surface area contributed by atoms with E-state index in [0.29, 0.717) is 0 Å². The molecule has 1 N–H and O–H groups in total. The lowest BCUT2D eigenvalue weighted by Gasteiger charge is -2.28. The molecule has 1 aromatic rings. The molecule has 0 amide bonds. The van der Waals surface area contributed by atoms with Crippen molar-refractivity contribution in [2.75, 3.05) is 41.4 Å². The maximum absolute atomic E-state index is 5.28. The first kappa shape index (κ1) is 16.8. The van der Waals surface area contributed by atoms with E-state index in [9.17, 15) is 0 Å². The van der Waals surface area contributed by atoms with Gasteiger partial charge in [0.1, 0.15) is 11.5 Å². The number of ether oxygens (including phenoxy) is 2. The normalized spacial score (nSPS) is 11.8. The van der Waals surface area contributed by atoms with Gasteiger partial charge in [-0.2, -0.15) is 0 Å². The highest BCUT2D eigenvalue weighted by Gasteiger charge is 2.18. The second-order valence-electron chi connectivity index (χ2n) is 6.23. The minimum Gasteiger partial charge on any atom is -0.497 e. The highest BCUT2D eigenvalue weighted by atomic mass is 16.5. The van der Waals surface area contributed by atoms with Crippen LogP contribution in [-0.2, 0) is 6.54 Å². The van der Waals surface area contributed by atoms with Gasteiger partial charge in [0.15, 0.2) is 0 Å². The van der Waals surface area contributed by atoms with E-state index < -0.39 is 0 Å². The van der Waals surface area contributed by atoms with Crippen LogP contribution in [0.5, 0.6) is 11.5 Å². The Morgan fingerprint density at radius 3 is 2.05 bits per heavy atom. The number of rotatable bonds is 8. The molecule has 0 heterocycles. The van der Waals surface area contributed by atoms with Crippen LogP contribution in [0.3, 0.4) is 0 Å². The first-order valence-corrected chi connectivity index (χ1v) is 6.94. The molecule has 4 heteroatoms. The molecule has 0 radical (unpaired) electrons. The SMILES string of the molecule is COc1cc(CNCC(C)(C)CN(C)C)cc(OC)c1. The summed E-state index contributed by atoms with van der Waals surface area (Å²) >= 11 is 0. The summed E-state index contributed by atoms with van der Waals surface area (Å²) in [6.07, 6.45) is 0. The van der Waals surface area contributed by atoms with Crippen molar-refractivity contribution in [2.45, 2.75) is 20.4 Å². The maximum Gasteiger partial charge on any atom is 0.122 e. The molecule has 0 aliphatic rings. The van der Waals surface area contributed by atoms with Gasteiger partial charge in [0, 0.05) is 25.7 Å². The van der Waals surface area contributed by atoms with Crippen LogP contribution in [0, 0.1) is 5.41 Å². The van der Waals surface area contributed by atoms with Crippen LogP contribution in [-0.4, -0.2) is 46.3 Å².